The van der Waals surface area contributed by atoms with E-state index < -0.39 is 0 Å². The summed E-state index contributed by atoms with van der Waals surface area (Å²) in [6.07, 6.45) is 3.68. The Hall–Kier alpha value is -0.820. The van der Waals surface area contributed by atoms with Gasteiger partial charge in [-0.05, 0) is 35.1 Å². The van der Waals surface area contributed by atoms with Crippen LogP contribution >= 0.6 is 15.9 Å². The van der Waals surface area contributed by atoms with Gasteiger partial charge in [0.15, 0.2) is 0 Å². The first-order chi connectivity index (χ1) is 8.70. The number of benzene rings is 2. The van der Waals surface area contributed by atoms with Crippen molar-refractivity contribution in [3.05, 3.63) is 48.0 Å². The van der Waals surface area contributed by atoms with E-state index in [0.717, 1.165) is 12.3 Å². The summed E-state index contributed by atoms with van der Waals surface area (Å²) >= 11 is 3.85. The summed E-state index contributed by atoms with van der Waals surface area (Å²) in [4.78, 5) is 0.582. The van der Waals surface area contributed by atoms with Gasteiger partial charge in [-0.25, -0.2) is 0 Å². The van der Waals surface area contributed by atoms with Crippen LogP contribution in [0.15, 0.2) is 42.5 Å². The monoisotopic (exact) mass is 304 g/mol. The summed E-state index contributed by atoms with van der Waals surface area (Å²) in [7, 11) is 0. The number of rotatable bonds is 5. The highest BCUT2D eigenvalue weighted by Gasteiger charge is 2.13. The van der Waals surface area contributed by atoms with Gasteiger partial charge in [0.05, 0.1) is 0 Å². The molecular weight excluding hydrogens is 284 g/mol. The molecule has 0 saturated carbocycles. The molecule has 0 heterocycles. The zero-order chi connectivity index (χ0) is 13.0. The molecular formula is C17H21Br. The Kier molecular flexibility index (Phi) is 4.82. The van der Waals surface area contributed by atoms with E-state index in [1.54, 1.807) is 0 Å². The summed E-state index contributed by atoms with van der Waals surface area (Å²) in [5.41, 5.74) is 1.43. The number of alkyl halides is 1. The van der Waals surface area contributed by atoms with Crippen LogP contribution in [0, 0.1) is 5.92 Å². The second-order valence-corrected chi connectivity index (χ2v) is 6.34. The van der Waals surface area contributed by atoms with Crippen LogP contribution < -0.4 is 0 Å². The van der Waals surface area contributed by atoms with Gasteiger partial charge in [-0.1, -0.05) is 78.7 Å². The van der Waals surface area contributed by atoms with Gasteiger partial charge in [0.25, 0.3) is 0 Å². The van der Waals surface area contributed by atoms with Gasteiger partial charge in [0.1, 0.15) is 0 Å². The molecule has 2 unspecified atom stereocenters. The summed E-state index contributed by atoms with van der Waals surface area (Å²) < 4.78 is 0. The fraction of sp³-hybridized carbons (Fsp3) is 0.412. The highest BCUT2D eigenvalue weighted by atomic mass is 79.9. The summed E-state index contributed by atoms with van der Waals surface area (Å²) in [5.74, 6) is 0.737. The third-order valence-electron chi connectivity index (χ3n) is 3.61. The van der Waals surface area contributed by atoms with Gasteiger partial charge < -0.3 is 0 Å². The van der Waals surface area contributed by atoms with Gasteiger partial charge >= 0.3 is 0 Å². The van der Waals surface area contributed by atoms with Crippen LogP contribution in [0.3, 0.4) is 0 Å². The van der Waals surface area contributed by atoms with E-state index in [2.05, 4.69) is 72.2 Å². The minimum atomic E-state index is 0.582. The van der Waals surface area contributed by atoms with Crippen LogP contribution in [-0.4, -0.2) is 4.83 Å². The molecule has 0 aliphatic heterocycles. The average molecular weight is 305 g/mol. The molecule has 0 aliphatic carbocycles. The quantitative estimate of drug-likeness (QED) is 0.632. The van der Waals surface area contributed by atoms with Crippen molar-refractivity contribution in [1.82, 2.24) is 0 Å². The maximum absolute atomic E-state index is 3.85. The van der Waals surface area contributed by atoms with E-state index in [-0.39, 0.29) is 0 Å². The van der Waals surface area contributed by atoms with Crippen molar-refractivity contribution in [3.8, 4) is 0 Å². The van der Waals surface area contributed by atoms with Crippen molar-refractivity contribution in [2.24, 2.45) is 5.92 Å². The zero-order valence-electron chi connectivity index (χ0n) is 11.2. The van der Waals surface area contributed by atoms with Crippen LogP contribution in [0.25, 0.3) is 10.8 Å². The minimum absolute atomic E-state index is 0.582. The highest BCUT2D eigenvalue weighted by molar-refractivity contribution is 9.09. The predicted octanol–water partition coefficient (Wildman–Crippen LogP) is 5.58. The number of hydrogen-bond donors (Lipinski definition) is 0. The standard InChI is InChI=1S/C17H21Br/c1-3-6-13(2)17(18)12-14-9-10-15-7-4-5-8-16(15)11-14/h4-5,7-11,13,17H,3,6,12H2,1-2H3. The number of halogens is 1. The smallest absolute Gasteiger partial charge is 0.0211 e. The van der Waals surface area contributed by atoms with Crippen molar-refractivity contribution in [2.45, 2.75) is 37.9 Å². The predicted molar refractivity (Wildman–Crippen MR) is 84.4 cm³/mol. The molecule has 0 fully saturated rings. The Balaban J connectivity index is 2.12. The topological polar surface area (TPSA) is 0 Å². The first-order valence-corrected chi connectivity index (χ1v) is 7.74. The van der Waals surface area contributed by atoms with Crippen LogP contribution in [-0.2, 0) is 6.42 Å². The molecule has 0 nitrogen and oxygen atoms in total. The summed E-state index contributed by atoms with van der Waals surface area (Å²) in [6.45, 7) is 4.59. The Labute approximate surface area is 119 Å². The molecule has 1 heteroatoms. The largest absolute Gasteiger partial charge is 0.0884 e. The third kappa shape index (κ3) is 3.35. The SMILES string of the molecule is CCCC(C)C(Br)Cc1ccc2ccccc2c1. The summed E-state index contributed by atoms with van der Waals surface area (Å²) in [5, 5.41) is 2.67. The first-order valence-electron chi connectivity index (χ1n) is 6.82. The first kappa shape index (κ1) is 13.6. The minimum Gasteiger partial charge on any atom is -0.0884 e. The Morgan fingerprint density at radius 2 is 1.78 bits per heavy atom. The van der Waals surface area contributed by atoms with Crippen LogP contribution in [0.4, 0.5) is 0 Å². The lowest BCUT2D eigenvalue weighted by Gasteiger charge is -2.17. The normalized spacial score (nSPS) is 14.6. The molecule has 0 N–H and O–H groups in total. The second kappa shape index (κ2) is 6.38. The van der Waals surface area contributed by atoms with Crippen molar-refractivity contribution in [3.63, 3.8) is 0 Å². The van der Waals surface area contributed by atoms with Gasteiger partial charge in [0, 0.05) is 4.83 Å². The van der Waals surface area contributed by atoms with E-state index in [1.807, 2.05) is 0 Å². The molecule has 0 aliphatic rings. The molecule has 2 rings (SSSR count). The number of hydrogen-bond acceptors (Lipinski definition) is 0. The third-order valence-corrected chi connectivity index (χ3v) is 4.83. The Morgan fingerprint density at radius 1 is 1.06 bits per heavy atom. The molecule has 0 amide bonds. The molecule has 2 atom stereocenters. The average Bonchev–Trinajstić information content (AvgIpc) is 2.39. The molecule has 96 valence electrons. The molecule has 2 aromatic rings. The van der Waals surface area contributed by atoms with E-state index in [1.165, 1.54) is 29.2 Å². The van der Waals surface area contributed by atoms with Gasteiger partial charge in [0.2, 0.25) is 0 Å². The lowest BCUT2D eigenvalue weighted by atomic mass is 9.96. The molecule has 18 heavy (non-hydrogen) atoms. The van der Waals surface area contributed by atoms with Crippen molar-refractivity contribution in [1.29, 1.82) is 0 Å². The van der Waals surface area contributed by atoms with Crippen molar-refractivity contribution < 1.29 is 0 Å². The van der Waals surface area contributed by atoms with E-state index >= 15 is 0 Å². The fourth-order valence-electron chi connectivity index (χ4n) is 2.43. The molecule has 0 aromatic heterocycles. The Morgan fingerprint density at radius 3 is 2.50 bits per heavy atom. The molecule has 0 radical (unpaired) electrons. The maximum atomic E-state index is 3.85. The number of fused-ring (bicyclic) bond motifs is 1. The van der Waals surface area contributed by atoms with Gasteiger partial charge in [-0.15, -0.1) is 0 Å². The lowest BCUT2D eigenvalue weighted by Crippen LogP contribution is -2.13. The molecule has 0 saturated heterocycles. The molecule has 2 aromatic carbocycles. The zero-order valence-corrected chi connectivity index (χ0v) is 12.8. The highest BCUT2D eigenvalue weighted by Crippen LogP contribution is 2.24. The van der Waals surface area contributed by atoms with Crippen molar-refractivity contribution in [2.75, 3.05) is 0 Å². The van der Waals surface area contributed by atoms with Crippen LogP contribution in [0.5, 0.6) is 0 Å². The van der Waals surface area contributed by atoms with E-state index in [4.69, 9.17) is 0 Å². The van der Waals surface area contributed by atoms with Gasteiger partial charge in [-0.3, -0.25) is 0 Å². The molecule has 0 spiro atoms. The Bertz CT molecular complexity index is 504. The maximum Gasteiger partial charge on any atom is 0.0211 e. The van der Waals surface area contributed by atoms with Crippen LogP contribution in [0.2, 0.25) is 0 Å². The second-order valence-electron chi connectivity index (χ2n) is 5.17. The lowest BCUT2D eigenvalue weighted by molar-refractivity contribution is 0.505. The van der Waals surface area contributed by atoms with E-state index in [0.29, 0.717) is 4.83 Å². The fourth-order valence-corrected chi connectivity index (χ4v) is 3.07. The summed E-state index contributed by atoms with van der Waals surface area (Å²) in [6, 6.07) is 15.4. The van der Waals surface area contributed by atoms with Crippen molar-refractivity contribution >= 4 is 26.7 Å². The van der Waals surface area contributed by atoms with E-state index in [9.17, 15) is 0 Å². The molecule has 0 bridgehead atoms. The van der Waals surface area contributed by atoms with Gasteiger partial charge in [-0.2, -0.15) is 0 Å². The van der Waals surface area contributed by atoms with Crippen LogP contribution in [0.1, 0.15) is 32.3 Å².